The van der Waals surface area contributed by atoms with Gasteiger partial charge in [0.05, 0.1) is 14.9 Å². The molecule has 1 atom stereocenters. The maximum Gasteiger partial charge on any atom is 0.0780 e. The molecule has 0 saturated heterocycles. The summed E-state index contributed by atoms with van der Waals surface area (Å²) in [5.41, 5.74) is 2.44. The van der Waals surface area contributed by atoms with E-state index in [1.807, 2.05) is 0 Å². The van der Waals surface area contributed by atoms with Crippen LogP contribution in [0, 0.1) is 13.8 Å². The molecular formula is C13H15BrClNS2. The Hall–Kier alpha value is 0.130. The Labute approximate surface area is 129 Å². The molecule has 0 aliphatic carbocycles. The minimum absolute atomic E-state index is 0.205. The highest BCUT2D eigenvalue weighted by molar-refractivity contribution is 9.11. The number of halogens is 2. The molecule has 0 bridgehead atoms. The molecule has 1 unspecified atom stereocenters. The smallest absolute Gasteiger partial charge is 0.0780 e. The van der Waals surface area contributed by atoms with Gasteiger partial charge in [-0.25, -0.2) is 0 Å². The Bertz CT molecular complexity index is 528. The van der Waals surface area contributed by atoms with Crippen molar-refractivity contribution in [2.45, 2.75) is 26.8 Å². The Morgan fingerprint density at radius 2 is 2.11 bits per heavy atom. The van der Waals surface area contributed by atoms with E-state index in [0.29, 0.717) is 0 Å². The minimum atomic E-state index is 0.205. The normalized spacial score (nSPS) is 12.9. The first kappa shape index (κ1) is 14.5. The van der Waals surface area contributed by atoms with Crippen molar-refractivity contribution >= 4 is 50.2 Å². The van der Waals surface area contributed by atoms with Crippen LogP contribution in [0.2, 0.25) is 5.02 Å². The zero-order valence-electron chi connectivity index (χ0n) is 10.5. The molecule has 0 aliphatic rings. The third-order valence-corrected chi connectivity index (χ3v) is 6.74. The second-order valence-electron chi connectivity index (χ2n) is 4.19. The lowest BCUT2D eigenvalue weighted by Gasteiger charge is -2.15. The number of hydrogen-bond acceptors (Lipinski definition) is 3. The maximum atomic E-state index is 6.40. The van der Waals surface area contributed by atoms with Crippen molar-refractivity contribution in [3.05, 3.63) is 41.1 Å². The van der Waals surface area contributed by atoms with E-state index in [0.717, 1.165) is 17.1 Å². The van der Waals surface area contributed by atoms with Gasteiger partial charge in [-0.15, -0.1) is 22.7 Å². The van der Waals surface area contributed by atoms with Crippen LogP contribution < -0.4 is 5.32 Å². The fourth-order valence-electron chi connectivity index (χ4n) is 1.80. The van der Waals surface area contributed by atoms with Crippen LogP contribution >= 0.6 is 50.2 Å². The van der Waals surface area contributed by atoms with Gasteiger partial charge in [0.15, 0.2) is 0 Å². The summed E-state index contributed by atoms with van der Waals surface area (Å²) in [7, 11) is 0. The first-order chi connectivity index (χ1) is 8.54. The largest absolute Gasteiger partial charge is 0.305 e. The molecule has 0 fully saturated rings. The molecule has 5 heteroatoms. The van der Waals surface area contributed by atoms with Crippen molar-refractivity contribution in [3.8, 4) is 0 Å². The van der Waals surface area contributed by atoms with Gasteiger partial charge in [-0.1, -0.05) is 18.5 Å². The van der Waals surface area contributed by atoms with Crippen LogP contribution in [0.25, 0.3) is 0 Å². The van der Waals surface area contributed by atoms with Crippen LogP contribution in [0.5, 0.6) is 0 Å². The quantitative estimate of drug-likeness (QED) is 0.751. The summed E-state index contributed by atoms with van der Waals surface area (Å²) in [5.74, 6) is 0. The fourth-order valence-corrected chi connectivity index (χ4v) is 4.92. The lowest BCUT2D eigenvalue weighted by atomic mass is 10.1. The van der Waals surface area contributed by atoms with E-state index in [1.54, 1.807) is 22.7 Å². The van der Waals surface area contributed by atoms with Crippen molar-refractivity contribution < 1.29 is 0 Å². The number of thiophene rings is 2. The van der Waals surface area contributed by atoms with E-state index >= 15 is 0 Å². The van der Waals surface area contributed by atoms with E-state index in [1.165, 1.54) is 19.1 Å². The summed E-state index contributed by atoms with van der Waals surface area (Å²) in [4.78, 5) is 2.52. The molecule has 0 saturated carbocycles. The van der Waals surface area contributed by atoms with Gasteiger partial charge in [-0.05, 0) is 58.9 Å². The average Bonchev–Trinajstić information content (AvgIpc) is 2.82. The van der Waals surface area contributed by atoms with Gasteiger partial charge in [0, 0.05) is 9.75 Å². The third-order valence-electron chi connectivity index (χ3n) is 2.76. The summed E-state index contributed by atoms with van der Waals surface area (Å²) in [6.45, 7) is 7.22. The predicted molar refractivity (Wildman–Crippen MR) is 86.3 cm³/mol. The fraction of sp³-hybridized carbons (Fsp3) is 0.385. The van der Waals surface area contributed by atoms with E-state index in [-0.39, 0.29) is 6.04 Å². The summed E-state index contributed by atoms with van der Waals surface area (Å²) in [6.07, 6.45) is 0. The molecule has 1 N–H and O–H groups in total. The van der Waals surface area contributed by atoms with E-state index in [9.17, 15) is 0 Å². The van der Waals surface area contributed by atoms with E-state index in [4.69, 9.17) is 11.6 Å². The topological polar surface area (TPSA) is 12.0 Å². The Morgan fingerprint density at radius 3 is 2.56 bits per heavy atom. The number of hydrogen-bond donors (Lipinski definition) is 1. The van der Waals surface area contributed by atoms with Crippen molar-refractivity contribution in [1.82, 2.24) is 5.32 Å². The molecule has 0 radical (unpaired) electrons. The summed E-state index contributed by atoms with van der Waals surface area (Å²) in [5, 5.41) is 6.54. The molecule has 2 heterocycles. The van der Waals surface area contributed by atoms with Crippen LogP contribution in [-0.2, 0) is 0 Å². The highest BCUT2D eigenvalue weighted by Gasteiger charge is 2.21. The van der Waals surface area contributed by atoms with Gasteiger partial charge in [0.1, 0.15) is 0 Å². The molecule has 0 spiro atoms. The SMILES string of the molecule is CCNC(c1cc(C)c(Br)s1)c1scc(C)c1Cl. The van der Waals surface area contributed by atoms with Gasteiger partial charge in [0.2, 0.25) is 0 Å². The highest BCUT2D eigenvalue weighted by atomic mass is 79.9. The Kier molecular flexibility index (Phi) is 4.89. The molecule has 0 aromatic carbocycles. The van der Waals surface area contributed by atoms with Crippen molar-refractivity contribution in [3.63, 3.8) is 0 Å². The molecular weight excluding hydrogens is 350 g/mol. The van der Waals surface area contributed by atoms with Crippen molar-refractivity contribution in [2.24, 2.45) is 0 Å². The first-order valence-electron chi connectivity index (χ1n) is 5.77. The second-order valence-corrected chi connectivity index (χ2v) is 7.88. The highest BCUT2D eigenvalue weighted by Crippen LogP contribution is 2.40. The van der Waals surface area contributed by atoms with Crippen LogP contribution in [0.15, 0.2) is 15.2 Å². The van der Waals surface area contributed by atoms with Gasteiger partial charge in [-0.3, -0.25) is 0 Å². The molecule has 0 amide bonds. The summed E-state index contributed by atoms with van der Waals surface area (Å²) < 4.78 is 1.20. The molecule has 2 aromatic heterocycles. The van der Waals surface area contributed by atoms with Gasteiger partial charge < -0.3 is 5.32 Å². The summed E-state index contributed by atoms with van der Waals surface area (Å²) in [6, 6.07) is 2.43. The molecule has 2 rings (SSSR count). The lowest BCUT2D eigenvalue weighted by Crippen LogP contribution is -2.20. The molecule has 1 nitrogen and oxygen atoms in total. The summed E-state index contributed by atoms with van der Waals surface area (Å²) >= 11 is 13.5. The van der Waals surface area contributed by atoms with Crippen molar-refractivity contribution in [2.75, 3.05) is 6.54 Å². The third kappa shape index (κ3) is 2.83. The predicted octanol–water partition coefficient (Wildman–Crippen LogP) is 5.54. The standard InChI is InChI=1S/C13H15BrClNS2/c1-4-16-11(9-5-7(2)13(14)18-9)12-10(15)8(3)6-17-12/h5-6,11,16H,4H2,1-3H3. The number of rotatable bonds is 4. The Morgan fingerprint density at radius 1 is 1.39 bits per heavy atom. The van der Waals surface area contributed by atoms with Crippen LogP contribution in [-0.4, -0.2) is 6.54 Å². The zero-order valence-corrected chi connectivity index (χ0v) is 14.5. The van der Waals surface area contributed by atoms with Crippen molar-refractivity contribution in [1.29, 1.82) is 0 Å². The number of aryl methyl sites for hydroxylation is 2. The molecule has 18 heavy (non-hydrogen) atoms. The molecule has 0 aliphatic heterocycles. The van der Waals surface area contributed by atoms with Gasteiger partial charge in [0.25, 0.3) is 0 Å². The van der Waals surface area contributed by atoms with Crippen LogP contribution in [0.1, 0.15) is 33.8 Å². The zero-order chi connectivity index (χ0) is 13.3. The van der Waals surface area contributed by atoms with Gasteiger partial charge >= 0.3 is 0 Å². The van der Waals surface area contributed by atoms with E-state index in [2.05, 4.69) is 53.5 Å². The minimum Gasteiger partial charge on any atom is -0.305 e. The van der Waals surface area contributed by atoms with Crippen LogP contribution in [0.3, 0.4) is 0 Å². The lowest BCUT2D eigenvalue weighted by molar-refractivity contribution is 0.648. The monoisotopic (exact) mass is 363 g/mol. The Balaban J connectivity index is 2.42. The maximum absolute atomic E-state index is 6.40. The van der Waals surface area contributed by atoms with E-state index < -0.39 is 0 Å². The molecule has 2 aromatic rings. The average molecular weight is 365 g/mol. The van der Waals surface area contributed by atoms with Crippen LogP contribution in [0.4, 0.5) is 0 Å². The molecule has 98 valence electrons. The second kappa shape index (κ2) is 6.06. The van der Waals surface area contributed by atoms with Gasteiger partial charge in [-0.2, -0.15) is 0 Å². The first-order valence-corrected chi connectivity index (χ1v) is 8.64. The number of nitrogens with one attached hydrogen (secondary N) is 1.